The average Bonchev–Trinajstić information content (AvgIpc) is 2.68. The van der Waals surface area contributed by atoms with Crippen molar-refractivity contribution >= 4 is 16.7 Å². The van der Waals surface area contributed by atoms with Gasteiger partial charge in [0.15, 0.2) is 5.78 Å². The Morgan fingerprint density at radius 2 is 1.94 bits per heavy atom. The predicted molar refractivity (Wildman–Crippen MR) is 76.1 cm³/mol. The molecule has 18 heavy (non-hydrogen) atoms. The number of rotatable bonds is 4. The van der Waals surface area contributed by atoms with Crippen LogP contribution in [0.2, 0.25) is 0 Å². The van der Waals surface area contributed by atoms with Gasteiger partial charge in [-0.2, -0.15) is 0 Å². The molecule has 0 aliphatic heterocycles. The largest absolute Gasteiger partial charge is 0.344 e. The Labute approximate surface area is 108 Å². The minimum Gasteiger partial charge on any atom is -0.344 e. The van der Waals surface area contributed by atoms with Gasteiger partial charge in [-0.25, -0.2) is 0 Å². The number of hydrogen-bond acceptors (Lipinski definition) is 1. The minimum absolute atomic E-state index is 0.0819. The van der Waals surface area contributed by atoms with E-state index in [-0.39, 0.29) is 5.78 Å². The fourth-order valence-electron chi connectivity index (χ4n) is 2.46. The zero-order chi connectivity index (χ0) is 13.3. The molecule has 0 saturated carbocycles. The fraction of sp³-hybridized carbons (Fsp3) is 0.312. The lowest BCUT2D eigenvalue weighted by Gasteiger charge is -2.05. The van der Waals surface area contributed by atoms with Gasteiger partial charge in [0.2, 0.25) is 0 Å². The third kappa shape index (κ3) is 1.78. The van der Waals surface area contributed by atoms with E-state index in [1.807, 2.05) is 32.0 Å². The number of aryl methyl sites for hydroxylation is 1. The summed E-state index contributed by atoms with van der Waals surface area (Å²) in [4.78, 5) is 12.4. The maximum atomic E-state index is 12.4. The first-order chi connectivity index (χ1) is 8.61. The zero-order valence-electron chi connectivity index (χ0n) is 11.3. The molecule has 2 nitrogen and oxygen atoms in total. The van der Waals surface area contributed by atoms with Gasteiger partial charge in [-0.1, -0.05) is 31.7 Å². The van der Waals surface area contributed by atoms with E-state index < -0.39 is 0 Å². The molecule has 0 bridgehead atoms. The molecular formula is C16H19NO. The topological polar surface area (TPSA) is 22.0 Å². The molecule has 1 aromatic heterocycles. The molecule has 0 amide bonds. The van der Waals surface area contributed by atoms with Crippen LogP contribution in [0.3, 0.4) is 0 Å². The van der Waals surface area contributed by atoms with Crippen LogP contribution in [-0.2, 0) is 6.54 Å². The van der Waals surface area contributed by atoms with Gasteiger partial charge in [-0.05, 0) is 31.9 Å². The highest BCUT2D eigenvalue weighted by Crippen LogP contribution is 2.28. The molecule has 0 unspecified atom stereocenters. The standard InChI is InChI=1S/C16H19NO/c1-5-11(3)16(18)15-12(4)17(6-2)14-10-8-7-9-13(14)15/h7-10H,3,5-6H2,1-2,4H3. The van der Waals surface area contributed by atoms with Gasteiger partial charge >= 0.3 is 0 Å². The summed E-state index contributed by atoms with van der Waals surface area (Å²) in [5.41, 5.74) is 3.67. The van der Waals surface area contributed by atoms with Crippen molar-refractivity contribution in [3.05, 3.63) is 47.7 Å². The SMILES string of the molecule is C=C(CC)C(=O)c1c(C)n(CC)c2ccccc12. The fourth-order valence-corrected chi connectivity index (χ4v) is 2.46. The van der Waals surface area contributed by atoms with Crippen LogP contribution in [0.1, 0.15) is 36.3 Å². The highest BCUT2D eigenvalue weighted by Gasteiger charge is 2.19. The molecule has 0 saturated heterocycles. The molecule has 2 aromatic rings. The summed E-state index contributed by atoms with van der Waals surface area (Å²) in [6, 6.07) is 8.08. The highest BCUT2D eigenvalue weighted by atomic mass is 16.1. The third-order valence-corrected chi connectivity index (χ3v) is 3.52. The number of carbonyl (C=O) groups excluding carboxylic acids is 1. The molecule has 0 aliphatic carbocycles. The summed E-state index contributed by atoms with van der Waals surface area (Å²) in [5.74, 6) is 0.0819. The van der Waals surface area contributed by atoms with Crippen molar-refractivity contribution in [3.63, 3.8) is 0 Å². The molecule has 0 radical (unpaired) electrons. The Morgan fingerprint density at radius 3 is 2.56 bits per heavy atom. The Balaban J connectivity index is 2.74. The van der Waals surface area contributed by atoms with E-state index in [4.69, 9.17) is 0 Å². The summed E-state index contributed by atoms with van der Waals surface area (Å²) in [7, 11) is 0. The highest BCUT2D eigenvalue weighted by molar-refractivity contribution is 6.17. The Hall–Kier alpha value is -1.83. The second-order valence-electron chi connectivity index (χ2n) is 4.51. The molecule has 0 N–H and O–H groups in total. The van der Waals surface area contributed by atoms with Crippen LogP contribution in [-0.4, -0.2) is 10.4 Å². The van der Waals surface area contributed by atoms with E-state index >= 15 is 0 Å². The first-order valence-corrected chi connectivity index (χ1v) is 6.42. The third-order valence-electron chi connectivity index (χ3n) is 3.52. The van der Waals surface area contributed by atoms with Crippen molar-refractivity contribution in [1.82, 2.24) is 4.57 Å². The van der Waals surface area contributed by atoms with Gasteiger partial charge in [0, 0.05) is 23.1 Å². The van der Waals surface area contributed by atoms with E-state index in [2.05, 4.69) is 24.1 Å². The Morgan fingerprint density at radius 1 is 1.28 bits per heavy atom. The van der Waals surface area contributed by atoms with Crippen molar-refractivity contribution in [2.24, 2.45) is 0 Å². The molecule has 1 heterocycles. The van der Waals surface area contributed by atoms with Crippen molar-refractivity contribution < 1.29 is 4.79 Å². The normalized spacial score (nSPS) is 10.8. The van der Waals surface area contributed by atoms with Gasteiger partial charge in [0.05, 0.1) is 5.56 Å². The van der Waals surface area contributed by atoms with Crippen LogP contribution in [0.4, 0.5) is 0 Å². The number of ketones is 1. The predicted octanol–water partition coefficient (Wildman–Crippen LogP) is 4.12. The molecule has 2 heteroatoms. The maximum Gasteiger partial charge on any atom is 0.190 e. The molecule has 0 aliphatic rings. The first-order valence-electron chi connectivity index (χ1n) is 6.42. The van der Waals surface area contributed by atoms with E-state index in [9.17, 15) is 4.79 Å². The molecule has 94 valence electrons. The molecule has 2 rings (SSSR count). The first kappa shape index (κ1) is 12.6. The van der Waals surface area contributed by atoms with Crippen LogP contribution in [0, 0.1) is 6.92 Å². The number of Topliss-reactive ketones (excluding diaryl/α,β-unsaturated/α-hetero) is 1. The lowest BCUT2D eigenvalue weighted by molar-refractivity contribution is 0.103. The number of allylic oxidation sites excluding steroid dienone is 1. The van der Waals surface area contributed by atoms with Crippen molar-refractivity contribution in [2.45, 2.75) is 33.7 Å². The summed E-state index contributed by atoms with van der Waals surface area (Å²) in [6.07, 6.45) is 0.698. The summed E-state index contributed by atoms with van der Waals surface area (Å²) >= 11 is 0. The van der Waals surface area contributed by atoms with E-state index in [1.165, 1.54) is 0 Å². The summed E-state index contributed by atoms with van der Waals surface area (Å²) < 4.78 is 2.19. The smallest absolute Gasteiger partial charge is 0.190 e. The number of fused-ring (bicyclic) bond motifs is 1. The number of para-hydroxylation sites is 1. The lowest BCUT2D eigenvalue weighted by atomic mass is 10.0. The molecule has 0 atom stereocenters. The number of hydrogen-bond donors (Lipinski definition) is 0. The van der Waals surface area contributed by atoms with Gasteiger partial charge in [-0.15, -0.1) is 0 Å². The van der Waals surface area contributed by atoms with Gasteiger partial charge in [0.25, 0.3) is 0 Å². The Bertz CT molecular complexity index is 619. The average molecular weight is 241 g/mol. The quantitative estimate of drug-likeness (QED) is 0.583. The van der Waals surface area contributed by atoms with Crippen molar-refractivity contribution in [3.8, 4) is 0 Å². The summed E-state index contributed by atoms with van der Waals surface area (Å²) in [6.45, 7) is 10.8. The Kier molecular flexibility index (Phi) is 3.37. The maximum absolute atomic E-state index is 12.4. The zero-order valence-corrected chi connectivity index (χ0v) is 11.3. The number of carbonyl (C=O) groups is 1. The van der Waals surface area contributed by atoms with Crippen molar-refractivity contribution in [2.75, 3.05) is 0 Å². The van der Waals surface area contributed by atoms with Gasteiger partial charge < -0.3 is 4.57 Å². The second-order valence-corrected chi connectivity index (χ2v) is 4.51. The van der Waals surface area contributed by atoms with Crippen molar-refractivity contribution in [1.29, 1.82) is 0 Å². The van der Waals surface area contributed by atoms with Crippen LogP contribution in [0.15, 0.2) is 36.4 Å². The second kappa shape index (κ2) is 4.81. The molecule has 0 fully saturated rings. The summed E-state index contributed by atoms with van der Waals surface area (Å²) in [5, 5.41) is 1.04. The van der Waals surface area contributed by atoms with Crippen LogP contribution in [0.25, 0.3) is 10.9 Å². The van der Waals surface area contributed by atoms with E-state index in [0.29, 0.717) is 12.0 Å². The van der Waals surface area contributed by atoms with Gasteiger partial charge in [-0.3, -0.25) is 4.79 Å². The van der Waals surface area contributed by atoms with Crippen LogP contribution < -0.4 is 0 Å². The van der Waals surface area contributed by atoms with E-state index in [1.54, 1.807) is 0 Å². The lowest BCUT2D eigenvalue weighted by Crippen LogP contribution is -2.05. The minimum atomic E-state index is 0.0819. The number of benzene rings is 1. The van der Waals surface area contributed by atoms with Crippen LogP contribution >= 0.6 is 0 Å². The molecular weight excluding hydrogens is 222 g/mol. The number of aromatic nitrogens is 1. The monoisotopic (exact) mass is 241 g/mol. The molecule has 0 spiro atoms. The number of nitrogens with zero attached hydrogens (tertiary/aromatic N) is 1. The van der Waals surface area contributed by atoms with Gasteiger partial charge in [0.1, 0.15) is 0 Å². The van der Waals surface area contributed by atoms with E-state index in [0.717, 1.165) is 28.7 Å². The molecule has 1 aromatic carbocycles. The van der Waals surface area contributed by atoms with Crippen LogP contribution in [0.5, 0.6) is 0 Å².